The molecule has 2 rings (SSSR count). The highest BCUT2D eigenvalue weighted by Gasteiger charge is 2.46. The predicted octanol–water partition coefficient (Wildman–Crippen LogP) is 2.22. The second-order valence-corrected chi connectivity index (χ2v) is 7.52. The fourth-order valence-electron chi connectivity index (χ4n) is 3.16. The molecule has 0 aliphatic heterocycles. The Hall–Kier alpha value is -0.660. The van der Waals surface area contributed by atoms with E-state index >= 15 is 0 Å². The Morgan fingerprint density at radius 3 is 3.00 bits per heavy atom. The minimum absolute atomic E-state index is 0.193. The molecule has 118 valence electrons. The van der Waals surface area contributed by atoms with Crippen LogP contribution in [0, 0.1) is 5.92 Å². The van der Waals surface area contributed by atoms with Gasteiger partial charge in [-0.05, 0) is 43.3 Å². The molecule has 7 heteroatoms. The van der Waals surface area contributed by atoms with Gasteiger partial charge in [-0.2, -0.15) is 4.37 Å². The zero-order valence-corrected chi connectivity index (χ0v) is 14.4. The second kappa shape index (κ2) is 7.56. The lowest BCUT2D eigenvalue weighted by atomic mass is 9.84. The van der Waals surface area contributed by atoms with Gasteiger partial charge in [-0.1, -0.05) is 32.0 Å². The molecule has 0 saturated heterocycles. The lowest BCUT2D eigenvalue weighted by Gasteiger charge is -2.33. The molecule has 1 aliphatic carbocycles. The molecular weight excluding hydrogens is 304 g/mol. The van der Waals surface area contributed by atoms with Crippen LogP contribution < -0.4 is 11.1 Å². The van der Waals surface area contributed by atoms with Gasteiger partial charge in [0.15, 0.2) is 4.34 Å². The summed E-state index contributed by atoms with van der Waals surface area (Å²) in [5.74, 6) is 2.02. The number of nitrogens with two attached hydrogens (primary N) is 1. The van der Waals surface area contributed by atoms with Gasteiger partial charge in [0.2, 0.25) is 5.91 Å². The number of nitrogens with one attached hydrogen (secondary N) is 1. The first-order chi connectivity index (χ1) is 10.1. The first-order valence-corrected chi connectivity index (χ1v) is 9.38. The molecule has 0 spiro atoms. The van der Waals surface area contributed by atoms with Crippen LogP contribution in [0.4, 0.5) is 0 Å². The van der Waals surface area contributed by atoms with E-state index in [0.29, 0.717) is 5.92 Å². The monoisotopic (exact) mass is 328 g/mol. The van der Waals surface area contributed by atoms with Gasteiger partial charge in [-0.25, -0.2) is 4.98 Å². The maximum Gasteiger partial charge on any atom is 0.238 e. The maximum absolute atomic E-state index is 11.9. The van der Waals surface area contributed by atoms with E-state index in [4.69, 9.17) is 5.73 Å². The summed E-state index contributed by atoms with van der Waals surface area (Å²) in [5.41, 5.74) is 5.19. The van der Waals surface area contributed by atoms with Crippen LogP contribution in [0.1, 0.15) is 45.4 Å². The Kier molecular flexibility index (Phi) is 6.01. The predicted molar refractivity (Wildman–Crippen MR) is 87.6 cm³/mol. The minimum atomic E-state index is -0.495. The van der Waals surface area contributed by atoms with Crippen LogP contribution in [0.2, 0.25) is 0 Å². The molecule has 1 heterocycles. The summed E-state index contributed by atoms with van der Waals surface area (Å²) in [7, 11) is 0. The molecule has 0 aromatic carbocycles. The number of hydrogen-bond donors (Lipinski definition) is 2. The van der Waals surface area contributed by atoms with Crippen molar-refractivity contribution in [3.8, 4) is 0 Å². The van der Waals surface area contributed by atoms with Crippen LogP contribution in [0.25, 0.3) is 0 Å². The summed E-state index contributed by atoms with van der Waals surface area (Å²) in [5, 5.41) is 3.36. The minimum Gasteiger partial charge on any atom is -0.368 e. The van der Waals surface area contributed by atoms with Crippen molar-refractivity contribution in [3.05, 3.63) is 5.82 Å². The van der Waals surface area contributed by atoms with E-state index in [1.807, 2.05) is 6.92 Å². The molecule has 1 aromatic rings. The molecule has 21 heavy (non-hydrogen) atoms. The van der Waals surface area contributed by atoms with Crippen LogP contribution in [0.3, 0.4) is 0 Å². The number of primary amides is 1. The highest BCUT2D eigenvalue weighted by Crippen LogP contribution is 2.39. The standard InChI is InChI=1S/C14H24N4OS2/c1-3-11-17-13(21-18-11)20-9-7-10-6-5-8-14(10,12(15)19)16-4-2/h10,16H,3-9H2,1-2H3,(H2,15,19). The number of nitrogens with zero attached hydrogens (tertiary/aromatic N) is 2. The molecule has 2 unspecified atom stereocenters. The Morgan fingerprint density at radius 2 is 2.38 bits per heavy atom. The number of rotatable bonds is 8. The van der Waals surface area contributed by atoms with Crippen molar-refractivity contribution in [1.82, 2.24) is 14.7 Å². The number of carbonyl (C=O) groups is 1. The largest absolute Gasteiger partial charge is 0.368 e. The fourth-order valence-corrected chi connectivity index (χ4v) is 4.98. The molecule has 2 atom stereocenters. The average Bonchev–Trinajstić information content (AvgIpc) is 3.07. The van der Waals surface area contributed by atoms with Crippen LogP contribution in [0.15, 0.2) is 4.34 Å². The molecule has 3 N–H and O–H groups in total. The summed E-state index contributed by atoms with van der Waals surface area (Å²) in [4.78, 5) is 16.4. The molecule has 0 bridgehead atoms. The van der Waals surface area contributed by atoms with Crippen molar-refractivity contribution in [1.29, 1.82) is 0 Å². The second-order valence-electron chi connectivity index (χ2n) is 5.42. The molecule has 1 aromatic heterocycles. The normalized spacial score (nSPS) is 25.3. The van der Waals surface area contributed by atoms with Gasteiger partial charge in [0.1, 0.15) is 11.4 Å². The Bertz CT molecular complexity index is 479. The van der Waals surface area contributed by atoms with E-state index in [1.54, 1.807) is 11.8 Å². The molecule has 1 amide bonds. The van der Waals surface area contributed by atoms with Crippen LogP contribution in [0.5, 0.6) is 0 Å². The number of hydrogen-bond acceptors (Lipinski definition) is 6. The average molecular weight is 329 g/mol. The van der Waals surface area contributed by atoms with Crippen molar-refractivity contribution in [2.75, 3.05) is 12.3 Å². The number of aromatic nitrogens is 2. The van der Waals surface area contributed by atoms with E-state index in [1.165, 1.54) is 11.5 Å². The SMILES string of the molecule is CCNC1(C(N)=O)CCCC1CCSc1nc(CC)ns1. The quantitative estimate of drug-likeness (QED) is 0.715. The molecule has 1 fully saturated rings. The summed E-state index contributed by atoms with van der Waals surface area (Å²) < 4.78 is 5.32. The zero-order valence-electron chi connectivity index (χ0n) is 12.7. The third kappa shape index (κ3) is 3.76. The van der Waals surface area contributed by atoms with Gasteiger partial charge in [-0.15, -0.1) is 0 Å². The third-order valence-electron chi connectivity index (χ3n) is 4.21. The van der Waals surface area contributed by atoms with E-state index in [9.17, 15) is 4.79 Å². The summed E-state index contributed by atoms with van der Waals surface area (Å²) >= 11 is 3.21. The molecular formula is C14H24N4OS2. The highest BCUT2D eigenvalue weighted by atomic mass is 32.2. The van der Waals surface area contributed by atoms with Gasteiger partial charge < -0.3 is 11.1 Å². The van der Waals surface area contributed by atoms with Gasteiger partial charge in [-0.3, -0.25) is 4.79 Å². The molecule has 1 saturated carbocycles. The van der Waals surface area contributed by atoms with Crippen molar-refractivity contribution < 1.29 is 4.79 Å². The van der Waals surface area contributed by atoms with Gasteiger partial charge >= 0.3 is 0 Å². The first-order valence-electron chi connectivity index (χ1n) is 7.62. The van der Waals surface area contributed by atoms with Crippen molar-refractivity contribution >= 4 is 29.2 Å². The van der Waals surface area contributed by atoms with Gasteiger partial charge in [0.05, 0.1) is 0 Å². The van der Waals surface area contributed by atoms with Crippen molar-refractivity contribution in [2.24, 2.45) is 11.7 Å². The zero-order chi connectivity index (χ0) is 15.3. The number of thioether (sulfide) groups is 1. The molecule has 5 nitrogen and oxygen atoms in total. The number of carbonyl (C=O) groups excluding carboxylic acids is 1. The Morgan fingerprint density at radius 1 is 1.57 bits per heavy atom. The number of amides is 1. The molecule has 0 radical (unpaired) electrons. The summed E-state index contributed by atoms with van der Waals surface area (Å²) in [6.07, 6.45) is 4.88. The molecule has 1 aliphatic rings. The smallest absolute Gasteiger partial charge is 0.238 e. The van der Waals surface area contributed by atoms with E-state index < -0.39 is 5.54 Å². The third-order valence-corrected chi connectivity index (χ3v) is 6.11. The Balaban J connectivity index is 1.90. The summed E-state index contributed by atoms with van der Waals surface area (Å²) in [6.45, 7) is 4.87. The van der Waals surface area contributed by atoms with Gasteiger partial charge in [0, 0.05) is 12.2 Å². The summed E-state index contributed by atoms with van der Waals surface area (Å²) in [6, 6.07) is 0. The first kappa shape index (κ1) is 16.7. The van der Waals surface area contributed by atoms with Crippen LogP contribution in [-0.4, -0.2) is 33.1 Å². The van der Waals surface area contributed by atoms with E-state index in [2.05, 4.69) is 21.6 Å². The lowest BCUT2D eigenvalue weighted by Crippen LogP contribution is -2.57. The van der Waals surface area contributed by atoms with Gasteiger partial charge in [0.25, 0.3) is 0 Å². The van der Waals surface area contributed by atoms with Crippen molar-refractivity contribution in [2.45, 2.75) is 55.8 Å². The number of likely N-dealkylation sites (N-methyl/N-ethyl adjacent to an activating group) is 1. The maximum atomic E-state index is 11.9. The topological polar surface area (TPSA) is 80.9 Å². The lowest BCUT2D eigenvalue weighted by molar-refractivity contribution is -0.125. The fraction of sp³-hybridized carbons (Fsp3) is 0.786. The van der Waals surface area contributed by atoms with Crippen molar-refractivity contribution in [3.63, 3.8) is 0 Å². The highest BCUT2D eigenvalue weighted by molar-refractivity contribution is 8.00. The van der Waals surface area contributed by atoms with E-state index in [-0.39, 0.29) is 5.91 Å². The van der Waals surface area contributed by atoms with E-state index in [0.717, 1.165) is 54.6 Å². The Labute approximate surface area is 134 Å². The number of aryl methyl sites for hydroxylation is 1. The van der Waals surface area contributed by atoms with Crippen LogP contribution >= 0.6 is 23.3 Å². The van der Waals surface area contributed by atoms with Crippen LogP contribution in [-0.2, 0) is 11.2 Å².